The zero-order chi connectivity index (χ0) is 25.1. The van der Waals surface area contributed by atoms with Gasteiger partial charge in [0.1, 0.15) is 11.4 Å². The van der Waals surface area contributed by atoms with E-state index < -0.39 is 5.60 Å². The number of rotatable bonds is 8. The molecule has 0 aliphatic heterocycles. The number of anilines is 1. The van der Waals surface area contributed by atoms with E-state index in [2.05, 4.69) is 25.1 Å². The number of unbranched alkanes of at least 4 members (excludes halogenated alkanes) is 3. The fourth-order valence-electron chi connectivity index (χ4n) is 2.10. The van der Waals surface area contributed by atoms with Crippen molar-refractivity contribution >= 4 is 23.3 Å². The molecule has 182 valence electrons. The molecule has 0 radical (unpaired) electrons. The Morgan fingerprint density at radius 3 is 1.97 bits per heavy atom. The first-order chi connectivity index (χ1) is 15.7. The van der Waals surface area contributed by atoms with Crippen LogP contribution in [0, 0.1) is 12.3 Å². The Balaban J connectivity index is 0.000000690. The molecule has 2 amide bonds. The van der Waals surface area contributed by atoms with Crippen molar-refractivity contribution in [1.82, 2.24) is 4.90 Å². The zero-order valence-corrected chi connectivity index (χ0v) is 21.6. The van der Waals surface area contributed by atoms with Gasteiger partial charge in [-0.15, -0.1) is 6.42 Å². The number of hydrogen-bond acceptors (Lipinski definition) is 3. The Kier molecular flexibility index (Phi) is 16.4. The number of nitrogens with one attached hydrogen (secondary N) is 1. The van der Waals surface area contributed by atoms with Crippen molar-refractivity contribution in [2.24, 2.45) is 0 Å². The van der Waals surface area contributed by atoms with Gasteiger partial charge in [-0.05, 0) is 32.0 Å². The van der Waals surface area contributed by atoms with Gasteiger partial charge < -0.3 is 19.7 Å². The van der Waals surface area contributed by atoms with Crippen LogP contribution in [0.15, 0.2) is 54.6 Å². The molecule has 6 heteroatoms. The van der Waals surface area contributed by atoms with Gasteiger partial charge in [-0.2, -0.15) is 0 Å². The number of benzene rings is 2. The van der Waals surface area contributed by atoms with Crippen LogP contribution in [-0.2, 0) is 4.74 Å². The lowest BCUT2D eigenvalue weighted by atomic mass is 10.2. The number of halogens is 1. The molecular weight excluding hydrogens is 436 g/mol. The summed E-state index contributed by atoms with van der Waals surface area (Å²) in [5.74, 6) is 2.95. The van der Waals surface area contributed by atoms with Crippen LogP contribution < -0.4 is 10.1 Å². The van der Waals surface area contributed by atoms with E-state index in [1.54, 1.807) is 46.1 Å². The molecule has 5 nitrogen and oxygen atoms in total. The highest BCUT2D eigenvalue weighted by Crippen LogP contribution is 2.28. The summed E-state index contributed by atoms with van der Waals surface area (Å²) < 4.78 is 10.8. The van der Waals surface area contributed by atoms with Crippen LogP contribution in [0.2, 0.25) is 5.02 Å². The summed E-state index contributed by atoms with van der Waals surface area (Å²) in [5, 5.41) is 3.06. The number of ether oxygens (including phenoxy) is 2. The highest BCUT2D eigenvalue weighted by atomic mass is 35.5. The van der Waals surface area contributed by atoms with Gasteiger partial charge in [-0.3, -0.25) is 0 Å². The quantitative estimate of drug-likeness (QED) is 0.245. The number of amides is 2. The molecule has 2 aromatic rings. The van der Waals surface area contributed by atoms with E-state index >= 15 is 0 Å². The molecule has 0 saturated carbocycles. The third kappa shape index (κ3) is 15.7. The Morgan fingerprint density at radius 1 is 1.06 bits per heavy atom. The Hall–Kier alpha value is -2.68. The zero-order valence-electron chi connectivity index (χ0n) is 20.9. The van der Waals surface area contributed by atoms with Crippen LogP contribution >= 0.6 is 11.6 Å². The maximum absolute atomic E-state index is 11.5. The van der Waals surface area contributed by atoms with Crippen molar-refractivity contribution in [3.05, 3.63) is 59.6 Å². The van der Waals surface area contributed by atoms with Crippen LogP contribution in [-0.4, -0.2) is 37.4 Å². The van der Waals surface area contributed by atoms with Gasteiger partial charge >= 0.3 is 6.03 Å². The lowest BCUT2D eigenvalue weighted by Crippen LogP contribution is -2.27. The fourth-order valence-corrected chi connectivity index (χ4v) is 2.33. The lowest BCUT2D eigenvalue weighted by molar-refractivity contribution is -0.0550. The van der Waals surface area contributed by atoms with Crippen LogP contribution in [0.25, 0.3) is 0 Å². The largest absolute Gasteiger partial charge is 0.466 e. The van der Waals surface area contributed by atoms with Gasteiger partial charge in [0.2, 0.25) is 0 Å². The first-order valence-corrected chi connectivity index (χ1v) is 11.6. The smallest absolute Gasteiger partial charge is 0.321 e. The minimum Gasteiger partial charge on any atom is -0.466 e. The number of carbonyl (C=O) groups is 1. The molecule has 2 aromatic carbocycles. The molecule has 33 heavy (non-hydrogen) atoms. The van der Waals surface area contributed by atoms with Gasteiger partial charge in [0, 0.05) is 19.8 Å². The van der Waals surface area contributed by atoms with Crippen LogP contribution in [0.4, 0.5) is 10.5 Å². The number of hydrogen-bond donors (Lipinski definition) is 1. The number of carbonyl (C=O) groups excluding carboxylic acids is 1. The molecule has 0 heterocycles. The molecule has 0 bridgehead atoms. The number of nitrogens with zero attached hydrogens (tertiary/aromatic N) is 1. The third-order valence-electron chi connectivity index (χ3n) is 4.19. The first kappa shape index (κ1) is 30.3. The molecule has 0 aromatic heterocycles. The van der Waals surface area contributed by atoms with Crippen LogP contribution in [0.1, 0.15) is 53.4 Å². The van der Waals surface area contributed by atoms with E-state index in [1.807, 2.05) is 36.4 Å². The summed E-state index contributed by atoms with van der Waals surface area (Å²) in [6.07, 6.45) is 10.8. The van der Waals surface area contributed by atoms with E-state index in [0.717, 1.165) is 0 Å². The number of terminal acetylenes is 1. The molecular formula is C27H39ClN2O3. The van der Waals surface area contributed by atoms with E-state index in [9.17, 15) is 4.79 Å². The first-order valence-electron chi connectivity index (χ1n) is 11.2. The predicted octanol–water partition coefficient (Wildman–Crippen LogP) is 7.47. The molecule has 0 aliphatic carbocycles. The molecule has 0 saturated heterocycles. The fraction of sp³-hybridized carbons (Fsp3) is 0.444. The van der Waals surface area contributed by atoms with E-state index in [4.69, 9.17) is 27.5 Å². The monoisotopic (exact) mass is 474 g/mol. The summed E-state index contributed by atoms with van der Waals surface area (Å²) in [6.45, 7) is 7.97. The minimum absolute atomic E-state index is 0.0136. The van der Waals surface area contributed by atoms with Gasteiger partial charge in [0.15, 0.2) is 6.79 Å². The Morgan fingerprint density at radius 2 is 1.58 bits per heavy atom. The lowest BCUT2D eigenvalue weighted by Gasteiger charge is -2.19. The maximum atomic E-state index is 11.5. The third-order valence-corrected chi connectivity index (χ3v) is 4.49. The summed E-state index contributed by atoms with van der Waals surface area (Å²) in [6, 6.07) is 16.7. The molecule has 0 unspecified atom stereocenters. The van der Waals surface area contributed by atoms with E-state index in [0.29, 0.717) is 16.5 Å². The van der Waals surface area contributed by atoms with Crippen molar-refractivity contribution < 1.29 is 14.3 Å². The molecule has 0 aliphatic rings. The average Bonchev–Trinajstić information content (AvgIpc) is 2.81. The highest BCUT2D eigenvalue weighted by molar-refractivity contribution is 6.32. The minimum atomic E-state index is -0.702. The van der Waals surface area contributed by atoms with Crippen molar-refractivity contribution in [3.8, 4) is 18.1 Å². The highest BCUT2D eigenvalue weighted by Gasteiger charge is 2.14. The average molecular weight is 475 g/mol. The molecule has 0 atom stereocenters. The summed E-state index contributed by atoms with van der Waals surface area (Å²) in [7, 11) is 3.30. The molecule has 1 N–H and O–H groups in total. The van der Waals surface area contributed by atoms with Crippen molar-refractivity contribution in [2.75, 3.05) is 26.2 Å². The van der Waals surface area contributed by atoms with Gasteiger partial charge in [-0.25, -0.2) is 4.79 Å². The van der Waals surface area contributed by atoms with Gasteiger partial charge in [-0.1, -0.05) is 93.5 Å². The van der Waals surface area contributed by atoms with E-state index in [1.165, 1.54) is 30.6 Å². The van der Waals surface area contributed by atoms with Crippen molar-refractivity contribution in [1.29, 1.82) is 0 Å². The van der Waals surface area contributed by atoms with Crippen LogP contribution in [0.5, 0.6) is 5.75 Å². The Labute approximate surface area is 205 Å². The SMILES string of the molecule is C#CC(C)(C)OCOc1ccc(NC(=O)N(C)C)cc1Cl.CCCCCC.c1ccccc1. The van der Waals surface area contributed by atoms with Gasteiger partial charge in [0.25, 0.3) is 0 Å². The second kappa shape index (κ2) is 17.8. The summed E-state index contributed by atoms with van der Waals surface area (Å²) >= 11 is 6.09. The van der Waals surface area contributed by atoms with Crippen molar-refractivity contribution in [2.45, 2.75) is 59.0 Å². The van der Waals surface area contributed by atoms with E-state index in [-0.39, 0.29) is 12.8 Å². The molecule has 0 spiro atoms. The van der Waals surface area contributed by atoms with Crippen molar-refractivity contribution in [3.63, 3.8) is 0 Å². The maximum Gasteiger partial charge on any atom is 0.321 e. The summed E-state index contributed by atoms with van der Waals surface area (Å²) in [4.78, 5) is 13.0. The second-order valence-corrected chi connectivity index (χ2v) is 8.30. The number of urea groups is 1. The predicted molar refractivity (Wildman–Crippen MR) is 140 cm³/mol. The standard InChI is InChI=1S/C15H19ClN2O3.C6H6.C6H14/c1-6-15(2,3)21-10-20-13-8-7-11(9-12(13)16)17-14(19)18(4)5;1-2-4-6-5-3-1;1-3-5-6-4-2/h1,7-9H,10H2,2-5H3,(H,17,19);1-6H;3-6H2,1-2H3. The summed E-state index contributed by atoms with van der Waals surface area (Å²) in [5.41, 5.74) is -0.123. The van der Waals surface area contributed by atoms with Gasteiger partial charge in [0.05, 0.1) is 5.02 Å². The normalized spacial score (nSPS) is 9.88. The topological polar surface area (TPSA) is 50.8 Å². The Bertz CT molecular complexity index is 787. The molecule has 0 fully saturated rings. The van der Waals surface area contributed by atoms with Crippen LogP contribution in [0.3, 0.4) is 0 Å². The second-order valence-electron chi connectivity index (χ2n) is 7.89. The molecule has 2 rings (SSSR count).